The van der Waals surface area contributed by atoms with Gasteiger partial charge in [0.2, 0.25) is 0 Å². The molecule has 3 atom stereocenters. The highest BCUT2D eigenvalue weighted by molar-refractivity contribution is 5.89. The Balaban J connectivity index is 1.58. The highest BCUT2D eigenvalue weighted by atomic mass is 19.1. The van der Waals surface area contributed by atoms with Gasteiger partial charge in [-0.15, -0.1) is 0 Å². The quantitative estimate of drug-likeness (QED) is 0.396. The second-order valence-electron chi connectivity index (χ2n) is 9.29. The van der Waals surface area contributed by atoms with Crippen LogP contribution in [-0.4, -0.2) is 58.5 Å². The number of halogens is 1. The Morgan fingerprint density at radius 3 is 2.68 bits per heavy atom. The predicted molar refractivity (Wildman–Crippen MR) is 136 cm³/mol. The van der Waals surface area contributed by atoms with Crippen molar-refractivity contribution in [2.24, 2.45) is 7.05 Å². The van der Waals surface area contributed by atoms with Crippen molar-refractivity contribution in [1.29, 1.82) is 5.26 Å². The van der Waals surface area contributed by atoms with E-state index in [9.17, 15) is 14.4 Å². The molecule has 0 aliphatic carbocycles. The zero-order valence-electron chi connectivity index (χ0n) is 20.8. The van der Waals surface area contributed by atoms with Crippen molar-refractivity contribution in [3.8, 4) is 6.07 Å². The minimum absolute atomic E-state index is 0.0363. The third-order valence-corrected chi connectivity index (χ3v) is 6.99. The Hall–Kier alpha value is -4.07. The third-order valence-electron chi connectivity index (χ3n) is 6.99. The minimum atomic E-state index is -0.309. The van der Waals surface area contributed by atoms with Crippen molar-refractivity contribution < 1.29 is 13.7 Å². The average molecular weight is 503 g/mol. The number of nitrogens with zero attached hydrogens (tertiary/aromatic N) is 6. The number of pyridine rings is 2. The molecule has 4 aromatic rings. The monoisotopic (exact) mass is 502 g/mol. The summed E-state index contributed by atoms with van der Waals surface area (Å²) in [4.78, 5) is 21.9. The van der Waals surface area contributed by atoms with Crippen LogP contribution in [0.25, 0.3) is 11.0 Å². The molecule has 0 N–H and O–H groups in total. The van der Waals surface area contributed by atoms with Gasteiger partial charge in [-0.3, -0.25) is 9.69 Å². The van der Waals surface area contributed by atoms with Crippen molar-refractivity contribution in [1.82, 2.24) is 19.6 Å². The van der Waals surface area contributed by atoms with E-state index in [-0.39, 0.29) is 35.2 Å². The first-order valence-electron chi connectivity index (χ1n) is 12.0. The maximum atomic E-state index is 13.7. The molecule has 1 aliphatic heterocycles. The SMILES string of the molecule is COC[C@@H]1CN(c2cc(=O)n(C)c3ccc(C#N)nc23)[C@@H](C)CN1C(c1ccc(F)cc1)c1ccon1. The molecule has 1 unspecified atom stereocenters. The van der Waals surface area contributed by atoms with Crippen LogP contribution in [0.15, 0.2) is 64.1 Å². The molecule has 0 amide bonds. The van der Waals surface area contributed by atoms with E-state index in [0.29, 0.717) is 42.1 Å². The highest BCUT2D eigenvalue weighted by Gasteiger charge is 2.39. The first-order chi connectivity index (χ1) is 17.9. The maximum absolute atomic E-state index is 13.7. The molecule has 190 valence electrons. The number of rotatable bonds is 6. The smallest absolute Gasteiger partial charge is 0.252 e. The van der Waals surface area contributed by atoms with Gasteiger partial charge in [-0.25, -0.2) is 9.37 Å². The number of aromatic nitrogens is 3. The molecule has 4 heterocycles. The Kier molecular flexibility index (Phi) is 6.74. The highest BCUT2D eigenvalue weighted by Crippen LogP contribution is 2.35. The predicted octanol–water partition coefficient (Wildman–Crippen LogP) is 3.25. The average Bonchev–Trinajstić information content (AvgIpc) is 3.43. The molecule has 1 aliphatic rings. The molecule has 37 heavy (non-hydrogen) atoms. The van der Waals surface area contributed by atoms with Gasteiger partial charge < -0.3 is 18.7 Å². The normalized spacial score (nSPS) is 19.2. The van der Waals surface area contributed by atoms with Gasteiger partial charge in [0, 0.05) is 45.4 Å². The summed E-state index contributed by atoms with van der Waals surface area (Å²) < 4.78 is 26.1. The second-order valence-corrected chi connectivity index (χ2v) is 9.29. The van der Waals surface area contributed by atoms with Gasteiger partial charge in [0.25, 0.3) is 5.56 Å². The van der Waals surface area contributed by atoms with Crippen LogP contribution in [0.2, 0.25) is 0 Å². The Morgan fingerprint density at radius 1 is 1.22 bits per heavy atom. The van der Waals surface area contributed by atoms with E-state index in [4.69, 9.17) is 9.26 Å². The van der Waals surface area contributed by atoms with E-state index in [1.807, 2.05) is 6.07 Å². The van der Waals surface area contributed by atoms with E-state index in [1.54, 1.807) is 44.5 Å². The van der Waals surface area contributed by atoms with E-state index >= 15 is 0 Å². The van der Waals surface area contributed by atoms with E-state index in [0.717, 1.165) is 5.56 Å². The van der Waals surface area contributed by atoms with E-state index < -0.39 is 0 Å². The van der Waals surface area contributed by atoms with E-state index in [2.05, 4.69) is 32.9 Å². The summed E-state index contributed by atoms with van der Waals surface area (Å²) in [5, 5.41) is 13.7. The molecule has 1 aromatic carbocycles. The van der Waals surface area contributed by atoms with Crippen LogP contribution in [0.3, 0.4) is 0 Å². The standard InChI is InChI=1S/C27H27FN6O3/c1-17-14-34(27(22-10-11-37-31-22)18-4-6-19(28)7-5-18)21(16-36-3)15-33(17)24-12-25(35)32(2)23-9-8-20(13-29)30-26(23)24/h4-12,17,21,27H,14-16H2,1-3H3/t17-,21-,27?/m0/s1. The first kappa shape index (κ1) is 24.6. The molecular formula is C27H27FN6O3. The summed E-state index contributed by atoms with van der Waals surface area (Å²) in [5.41, 5.74) is 3.68. The summed E-state index contributed by atoms with van der Waals surface area (Å²) in [6.07, 6.45) is 1.53. The molecule has 0 saturated carbocycles. The van der Waals surface area contributed by atoms with Gasteiger partial charge in [0.1, 0.15) is 35.1 Å². The number of methoxy groups -OCH3 is 1. The number of nitriles is 1. The Morgan fingerprint density at radius 2 is 2.00 bits per heavy atom. The summed E-state index contributed by atoms with van der Waals surface area (Å²) in [5.74, 6) is -0.309. The fourth-order valence-corrected chi connectivity index (χ4v) is 5.19. The molecule has 1 saturated heterocycles. The van der Waals surface area contributed by atoms with Gasteiger partial charge in [0.15, 0.2) is 0 Å². The van der Waals surface area contributed by atoms with Crippen LogP contribution in [0.5, 0.6) is 0 Å². The molecule has 0 radical (unpaired) electrons. The number of hydrogen-bond acceptors (Lipinski definition) is 8. The molecule has 1 fully saturated rings. The van der Waals surface area contributed by atoms with Crippen molar-refractivity contribution in [2.45, 2.75) is 25.0 Å². The number of hydrogen-bond donors (Lipinski definition) is 0. The summed E-state index contributed by atoms with van der Waals surface area (Å²) in [7, 11) is 3.35. The Bertz CT molecular complexity index is 1500. The molecule has 0 spiro atoms. The lowest BCUT2D eigenvalue weighted by atomic mass is 9.96. The fourth-order valence-electron chi connectivity index (χ4n) is 5.19. The zero-order valence-corrected chi connectivity index (χ0v) is 20.8. The van der Waals surface area contributed by atoms with Crippen LogP contribution in [-0.2, 0) is 11.8 Å². The van der Waals surface area contributed by atoms with Gasteiger partial charge in [-0.2, -0.15) is 5.26 Å². The summed E-state index contributed by atoms with van der Waals surface area (Å²) in [6.45, 7) is 3.62. The van der Waals surface area contributed by atoms with Crippen molar-refractivity contribution in [3.05, 3.63) is 87.9 Å². The molecule has 3 aromatic heterocycles. The lowest BCUT2D eigenvalue weighted by molar-refractivity contribution is 0.0502. The van der Waals surface area contributed by atoms with Crippen LogP contribution < -0.4 is 10.5 Å². The maximum Gasteiger partial charge on any atom is 0.252 e. The summed E-state index contributed by atoms with van der Waals surface area (Å²) in [6, 6.07) is 14.9. The second kappa shape index (κ2) is 10.1. The van der Waals surface area contributed by atoms with Crippen LogP contribution in [0.4, 0.5) is 10.1 Å². The number of benzene rings is 1. The van der Waals surface area contributed by atoms with E-state index in [1.165, 1.54) is 23.0 Å². The largest absolute Gasteiger partial charge is 0.383 e. The van der Waals surface area contributed by atoms with Crippen molar-refractivity contribution in [3.63, 3.8) is 0 Å². The van der Waals surface area contributed by atoms with Crippen LogP contribution in [0.1, 0.15) is 29.9 Å². The molecule has 0 bridgehead atoms. The number of anilines is 1. The topological polar surface area (TPSA) is 100 Å². The van der Waals surface area contributed by atoms with Crippen molar-refractivity contribution >= 4 is 16.7 Å². The number of piperazine rings is 1. The van der Waals surface area contributed by atoms with Crippen molar-refractivity contribution in [2.75, 3.05) is 31.7 Å². The van der Waals surface area contributed by atoms with Gasteiger partial charge in [0.05, 0.1) is 29.9 Å². The Labute approximate surface area is 213 Å². The lowest BCUT2D eigenvalue weighted by Gasteiger charge is -2.48. The molecule has 9 nitrogen and oxygen atoms in total. The van der Waals surface area contributed by atoms with Gasteiger partial charge in [-0.1, -0.05) is 17.3 Å². The fraction of sp³-hybridized carbons (Fsp3) is 0.333. The minimum Gasteiger partial charge on any atom is -0.383 e. The third kappa shape index (κ3) is 4.59. The van der Waals surface area contributed by atoms with Crippen LogP contribution in [0, 0.1) is 17.1 Å². The molecule has 5 rings (SSSR count). The number of ether oxygens (including phenoxy) is 1. The lowest BCUT2D eigenvalue weighted by Crippen LogP contribution is -2.60. The first-order valence-corrected chi connectivity index (χ1v) is 12.0. The van der Waals surface area contributed by atoms with Crippen LogP contribution >= 0.6 is 0 Å². The number of aryl methyl sites for hydroxylation is 1. The van der Waals surface area contributed by atoms with Gasteiger partial charge >= 0.3 is 0 Å². The van der Waals surface area contributed by atoms with Gasteiger partial charge in [-0.05, 0) is 36.8 Å². The zero-order chi connectivity index (χ0) is 26.1. The summed E-state index contributed by atoms with van der Waals surface area (Å²) >= 11 is 0. The number of fused-ring (bicyclic) bond motifs is 1. The molecule has 10 heteroatoms. The molecular weight excluding hydrogens is 475 g/mol.